The van der Waals surface area contributed by atoms with Gasteiger partial charge in [0.15, 0.2) is 17.5 Å². The van der Waals surface area contributed by atoms with E-state index in [4.69, 9.17) is 0 Å². The Kier molecular flexibility index (Phi) is 4.90. The first-order valence-corrected chi connectivity index (χ1v) is 8.11. The number of halogens is 3. The number of sulfonamides is 1. The standard InChI is InChI=1S/C13H17F3N2O2S/c1-18(8-9-4-2-3-7-17-9)21(19,20)11-6-5-10(14)12(15)13(11)16/h5-6,9,17H,2-4,7-8H2,1H3. The molecule has 0 radical (unpaired) electrons. The summed E-state index contributed by atoms with van der Waals surface area (Å²) in [4.78, 5) is -0.847. The highest BCUT2D eigenvalue weighted by Gasteiger charge is 2.29. The van der Waals surface area contributed by atoms with Crippen molar-refractivity contribution in [1.29, 1.82) is 0 Å². The number of likely N-dealkylation sites (N-methyl/N-ethyl adjacent to an activating group) is 1. The van der Waals surface area contributed by atoms with Gasteiger partial charge in [0.2, 0.25) is 10.0 Å². The minimum atomic E-state index is -4.20. The van der Waals surface area contributed by atoms with Gasteiger partial charge >= 0.3 is 0 Å². The Morgan fingerprint density at radius 3 is 2.57 bits per heavy atom. The van der Waals surface area contributed by atoms with Crippen LogP contribution in [0.3, 0.4) is 0 Å². The van der Waals surface area contributed by atoms with Gasteiger partial charge in [-0.3, -0.25) is 0 Å². The zero-order valence-electron chi connectivity index (χ0n) is 11.6. The molecule has 1 fully saturated rings. The Morgan fingerprint density at radius 1 is 1.24 bits per heavy atom. The van der Waals surface area contributed by atoms with E-state index in [1.165, 1.54) is 7.05 Å². The molecule has 0 spiro atoms. The number of nitrogens with zero attached hydrogens (tertiary/aromatic N) is 1. The van der Waals surface area contributed by atoms with Crippen LogP contribution in [0.25, 0.3) is 0 Å². The SMILES string of the molecule is CN(CC1CCCCN1)S(=O)(=O)c1ccc(F)c(F)c1F. The Labute approximate surface area is 122 Å². The summed E-state index contributed by atoms with van der Waals surface area (Å²) < 4.78 is 65.2. The molecule has 1 unspecified atom stereocenters. The second kappa shape index (κ2) is 6.33. The molecule has 0 bridgehead atoms. The largest absolute Gasteiger partial charge is 0.313 e. The van der Waals surface area contributed by atoms with Gasteiger partial charge in [-0.2, -0.15) is 4.31 Å². The lowest BCUT2D eigenvalue weighted by atomic mass is 10.1. The molecule has 0 amide bonds. The normalized spacial score (nSPS) is 20.0. The molecule has 0 aromatic heterocycles. The van der Waals surface area contributed by atoms with Gasteiger partial charge in [-0.05, 0) is 31.5 Å². The third-order valence-electron chi connectivity index (χ3n) is 3.58. The maximum atomic E-state index is 13.7. The predicted octanol–water partition coefficient (Wildman–Crippen LogP) is 1.87. The van der Waals surface area contributed by atoms with Crippen molar-refractivity contribution in [2.24, 2.45) is 0 Å². The third-order valence-corrected chi connectivity index (χ3v) is 5.42. The van der Waals surface area contributed by atoms with Crippen LogP contribution in [0.4, 0.5) is 13.2 Å². The number of rotatable bonds is 4. The highest BCUT2D eigenvalue weighted by atomic mass is 32.2. The summed E-state index contributed by atoms with van der Waals surface area (Å²) in [6, 6.07) is 1.33. The van der Waals surface area contributed by atoms with E-state index in [9.17, 15) is 21.6 Å². The molecule has 0 saturated carbocycles. The molecule has 1 aliphatic heterocycles. The van der Waals surface area contributed by atoms with Crippen LogP contribution in [0.5, 0.6) is 0 Å². The predicted molar refractivity (Wildman–Crippen MR) is 71.8 cm³/mol. The second-order valence-electron chi connectivity index (χ2n) is 5.11. The molecule has 1 heterocycles. The van der Waals surface area contributed by atoms with Crippen LogP contribution in [0, 0.1) is 17.5 Å². The van der Waals surface area contributed by atoms with Gasteiger partial charge in [0.05, 0.1) is 0 Å². The van der Waals surface area contributed by atoms with E-state index in [0.29, 0.717) is 6.07 Å². The van der Waals surface area contributed by atoms with Crippen LogP contribution >= 0.6 is 0 Å². The highest BCUT2D eigenvalue weighted by Crippen LogP contribution is 2.23. The number of hydrogen-bond acceptors (Lipinski definition) is 3. The average Bonchev–Trinajstić information content (AvgIpc) is 2.45. The van der Waals surface area contributed by atoms with Crippen LogP contribution < -0.4 is 5.32 Å². The molecule has 1 atom stereocenters. The smallest absolute Gasteiger partial charge is 0.245 e. The first kappa shape index (κ1) is 16.3. The van der Waals surface area contributed by atoms with Gasteiger partial charge < -0.3 is 5.32 Å². The molecule has 1 aromatic rings. The number of benzene rings is 1. The molecule has 4 nitrogen and oxygen atoms in total. The molecular formula is C13H17F3N2O2S. The van der Waals surface area contributed by atoms with E-state index >= 15 is 0 Å². The summed E-state index contributed by atoms with van der Waals surface area (Å²) >= 11 is 0. The summed E-state index contributed by atoms with van der Waals surface area (Å²) in [6.07, 6.45) is 2.84. The van der Waals surface area contributed by atoms with E-state index in [0.717, 1.165) is 36.2 Å². The van der Waals surface area contributed by atoms with Gasteiger partial charge in [0.1, 0.15) is 4.90 Å². The van der Waals surface area contributed by atoms with E-state index in [-0.39, 0.29) is 12.6 Å². The lowest BCUT2D eigenvalue weighted by Gasteiger charge is -2.27. The minimum absolute atomic E-state index is 0.0214. The van der Waals surface area contributed by atoms with Gasteiger partial charge in [-0.25, -0.2) is 21.6 Å². The first-order valence-electron chi connectivity index (χ1n) is 6.67. The van der Waals surface area contributed by atoms with E-state index in [1.807, 2.05) is 0 Å². The summed E-state index contributed by atoms with van der Waals surface area (Å²) in [5.74, 6) is -4.87. The lowest BCUT2D eigenvalue weighted by Crippen LogP contribution is -2.44. The van der Waals surface area contributed by atoms with Crippen molar-refractivity contribution in [2.45, 2.75) is 30.2 Å². The molecule has 1 aromatic carbocycles. The quantitative estimate of drug-likeness (QED) is 0.861. The molecular weight excluding hydrogens is 305 g/mol. The fraction of sp³-hybridized carbons (Fsp3) is 0.538. The Balaban J connectivity index is 2.22. The van der Waals surface area contributed by atoms with Gasteiger partial charge in [-0.15, -0.1) is 0 Å². The molecule has 1 saturated heterocycles. The Morgan fingerprint density at radius 2 is 1.95 bits per heavy atom. The van der Waals surface area contributed by atoms with Crippen molar-refractivity contribution >= 4 is 10.0 Å². The molecule has 1 N–H and O–H groups in total. The minimum Gasteiger partial charge on any atom is -0.313 e. The number of piperidine rings is 1. The van der Waals surface area contributed by atoms with Crippen LogP contribution in [0.1, 0.15) is 19.3 Å². The maximum absolute atomic E-state index is 13.7. The Bertz CT molecular complexity index is 616. The third kappa shape index (κ3) is 3.38. The van der Waals surface area contributed by atoms with Crippen LogP contribution in [-0.2, 0) is 10.0 Å². The summed E-state index contributed by atoms with van der Waals surface area (Å²) in [5, 5.41) is 3.17. The summed E-state index contributed by atoms with van der Waals surface area (Å²) in [6.45, 7) is 0.957. The van der Waals surface area contributed by atoms with Crippen molar-refractivity contribution in [3.63, 3.8) is 0 Å². The van der Waals surface area contributed by atoms with E-state index in [2.05, 4.69) is 5.32 Å². The van der Waals surface area contributed by atoms with Crippen molar-refractivity contribution in [2.75, 3.05) is 20.1 Å². The zero-order chi connectivity index (χ0) is 15.6. The molecule has 2 rings (SSSR count). The van der Waals surface area contributed by atoms with Crippen molar-refractivity contribution < 1.29 is 21.6 Å². The van der Waals surface area contributed by atoms with Crippen LogP contribution in [0.2, 0.25) is 0 Å². The fourth-order valence-electron chi connectivity index (χ4n) is 2.36. The maximum Gasteiger partial charge on any atom is 0.245 e. The van der Waals surface area contributed by atoms with Crippen molar-refractivity contribution in [1.82, 2.24) is 9.62 Å². The fourth-order valence-corrected chi connectivity index (χ4v) is 3.63. The van der Waals surface area contributed by atoms with Gasteiger partial charge in [0, 0.05) is 19.6 Å². The zero-order valence-corrected chi connectivity index (χ0v) is 12.4. The number of nitrogens with one attached hydrogen (secondary N) is 1. The first-order chi connectivity index (χ1) is 9.84. The van der Waals surface area contributed by atoms with Crippen molar-refractivity contribution in [3.8, 4) is 0 Å². The summed E-state index contributed by atoms with van der Waals surface area (Å²) in [7, 11) is -2.90. The second-order valence-corrected chi connectivity index (χ2v) is 7.12. The summed E-state index contributed by atoms with van der Waals surface area (Å²) in [5.41, 5.74) is 0. The van der Waals surface area contributed by atoms with Gasteiger partial charge in [0.25, 0.3) is 0 Å². The Hall–Kier alpha value is -1.12. The van der Waals surface area contributed by atoms with Crippen LogP contribution in [0.15, 0.2) is 17.0 Å². The molecule has 8 heteroatoms. The van der Waals surface area contributed by atoms with Crippen LogP contribution in [-0.4, -0.2) is 38.9 Å². The van der Waals surface area contributed by atoms with Gasteiger partial charge in [-0.1, -0.05) is 6.42 Å². The molecule has 118 valence electrons. The molecule has 0 aliphatic carbocycles. The topological polar surface area (TPSA) is 49.4 Å². The molecule has 1 aliphatic rings. The van der Waals surface area contributed by atoms with E-state index in [1.54, 1.807) is 0 Å². The number of hydrogen-bond donors (Lipinski definition) is 1. The van der Waals surface area contributed by atoms with Crippen molar-refractivity contribution in [3.05, 3.63) is 29.6 Å². The monoisotopic (exact) mass is 322 g/mol. The average molecular weight is 322 g/mol. The molecule has 21 heavy (non-hydrogen) atoms. The lowest BCUT2D eigenvalue weighted by molar-refractivity contribution is 0.336. The van der Waals surface area contributed by atoms with E-state index < -0.39 is 32.4 Å². The highest BCUT2D eigenvalue weighted by molar-refractivity contribution is 7.89.